The number of aromatic nitrogens is 1. The maximum atomic E-state index is 12.7. The Morgan fingerprint density at radius 1 is 0.947 bits per heavy atom. The highest BCUT2D eigenvalue weighted by Gasteiger charge is 2.27. The second-order valence-corrected chi connectivity index (χ2v) is 10.1. The van der Waals surface area contributed by atoms with Crippen LogP contribution in [-0.4, -0.2) is 43.1 Å². The summed E-state index contributed by atoms with van der Waals surface area (Å²) in [6, 6.07) is 20.8. The summed E-state index contributed by atoms with van der Waals surface area (Å²) in [4.78, 5) is 2.51. The Kier molecular flexibility index (Phi) is 8.27. The first-order valence-corrected chi connectivity index (χ1v) is 13.3. The monoisotopic (exact) mass is 516 g/mol. The van der Waals surface area contributed by atoms with Crippen molar-refractivity contribution in [2.75, 3.05) is 33.6 Å². The fourth-order valence-electron chi connectivity index (χ4n) is 5.58. The molecule has 1 aliphatic heterocycles. The molecule has 1 aliphatic rings. The molecule has 4 N–H and O–H groups in total. The summed E-state index contributed by atoms with van der Waals surface area (Å²) >= 11 is 0. The molecule has 5 rings (SSSR count). The van der Waals surface area contributed by atoms with E-state index < -0.39 is 6.86 Å². The Morgan fingerprint density at radius 2 is 1.82 bits per heavy atom. The van der Waals surface area contributed by atoms with E-state index in [4.69, 9.17) is 20.9 Å². The number of ether oxygens (including phenoxy) is 2. The maximum Gasteiger partial charge on any atom is 0.228 e. The third-order valence-electron chi connectivity index (χ3n) is 7.45. The molecule has 2 heterocycles. The number of fused-ring (bicyclic) bond motifs is 1. The van der Waals surface area contributed by atoms with Crippen LogP contribution in [0.2, 0.25) is 0 Å². The van der Waals surface area contributed by atoms with Crippen molar-refractivity contribution in [2.24, 2.45) is 17.4 Å². The number of aryl methyl sites for hydroxylation is 1. The molecule has 1 saturated heterocycles. The van der Waals surface area contributed by atoms with Crippen LogP contribution >= 0.6 is 0 Å². The number of methoxy groups -OCH3 is 1. The SMILES string of the molecule is COc1cccc(CC2CN(Cc3ccc4c(c3)c(-c3ccc(OCF)cc3CN)cn4CCCN)C2)c1. The second kappa shape index (κ2) is 12.0. The van der Waals surface area contributed by atoms with Gasteiger partial charge < -0.3 is 25.5 Å². The molecule has 200 valence electrons. The van der Waals surface area contributed by atoms with Crippen LogP contribution in [0.25, 0.3) is 22.0 Å². The highest BCUT2D eigenvalue weighted by molar-refractivity contribution is 5.97. The first-order valence-electron chi connectivity index (χ1n) is 13.3. The van der Waals surface area contributed by atoms with Crippen molar-refractivity contribution in [2.45, 2.75) is 32.5 Å². The molecule has 38 heavy (non-hydrogen) atoms. The van der Waals surface area contributed by atoms with Gasteiger partial charge in [-0.05, 0) is 84.0 Å². The van der Waals surface area contributed by atoms with Gasteiger partial charge in [0.25, 0.3) is 0 Å². The topological polar surface area (TPSA) is 78.7 Å². The maximum absolute atomic E-state index is 12.7. The summed E-state index contributed by atoms with van der Waals surface area (Å²) in [5.74, 6) is 2.07. The Bertz CT molecular complexity index is 1380. The quantitative estimate of drug-likeness (QED) is 0.274. The molecule has 0 bridgehead atoms. The highest BCUT2D eigenvalue weighted by atomic mass is 19.1. The highest BCUT2D eigenvalue weighted by Crippen LogP contribution is 2.36. The van der Waals surface area contributed by atoms with E-state index in [-0.39, 0.29) is 0 Å². The van der Waals surface area contributed by atoms with E-state index in [1.54, 1.807) is 7.11 Å². The van der Waals surface area contributed by atoms with Gasteiger partial charge in [0.1, 0.15) is 11.5 Å². The number of rotatable bonds is 12. The molecule has 1 aromatic heterocycles. The van der Waals surface area contributed by atoms with Crippen LogP contribution in [0, 0.1) is 5.92 Å². The lowest BCUT2D eigenvalue weighted by atomic mass is 9.91. The van der Waals surface area contributed by atoms with E-state index >= 15 is 0 Å². The third-order valence-corrected chi connectivity index (χ3v) is 7.45. The summed E-state index contributed by atoms with van der Waals surface area (Å²) in [5.41, 5.74) is 18.8. The normalized spacial score (nSPS) is 14.1. The molecule has 4 aromatic rings. The Morgan fingerprint density at radius 3 is 2.58 bits per heavy atom. The van der Waals surface area contributed by atoms with Crippen molar-refractivity contribution in [1.29, 1.82) is 0 Å². The van der Waals surface area contributed by atoms with Gasteiger partial charge in [-0.1, -0.05) is 24.3 Å². The minimum atomic E-state index is -0.859. The average molecular weight is 517 g/mol. The Balaban J connectivity index is 1.36. The van der Waals surface area contributed by atoms with Crippen LogP contribution in [0.15, 0.2) is 66.9 Å². The average Bonchev–Trinajstić information content (AvgIpc) is 3.28. The molecule has 0 amide bonds. The Labute approximate surface area is 223 Å². The fraction of sp³-hybridized carbons (Fsp3) is 0.355. The van der Waals surface area contributed by atoms with E-state index in [9.17, 15) is 4.39 Å². The summed E-state index contributed by atoms with van der Waals surface area (Å²) in [5, 5.41) is 1.20. The zero-order valence-electron chi connectivity index (χ0n) is 22.0. The van der Waals surface area contributed by atoms with Crippen molar-refractivity contribution in [3.63, 3.8) is 0 Å². The molecule has 0 radical (unpaired) electrons. The van der Waals surface area contributed by atoms with Crippen molar-refractivity contribution in [3.8, 4) is 22.6 Å². The molecule has 7 heteroatoms. The van der Waals surface area contributed by atoms with Gasteiger partial charge in [0.05, 0.1) is 7.11 Å². The second-order valence-electron chi connectivity index (χ2n) is 10.1. The van der Waals surface area contributed by atoms with Crippen molar-refractivity contribution in [3.05, 3.63) is 83.6 Å². The van der Waals surface area contributed by atoms with Crippen molar-refractivity contribution >= 4 is 10.9 Å². The largest absolute Gasteiger partial charge is 0.497 e. The molecular weight excluding hydrogens is 479 g/mol. The summed E-state index contributed by atoms with van der Waals surface area (Å²) in [7, 11) is 1.71. The van der Waals surface area contributed by atoms with Gasteiger partial charge in [-0.2, -0.15) is 0 Å². The van der Waals surface area contributed by atoms with Crippen LogP contribution < -0.4 is 20.9 Å². The van der Waals surface area contributed by atoms with Crippen molar-refractivity contribution in [1.82, 2.24) is 9.47 Å². The number of benzene rings is 3. The van der Waals surface area contributed by atoms with Gasteiger partial charge in [0.15, 0.2) is 0 Å². The van der Waals surface area contributed by atoms with E-state index in [2.05, 4.69) is 52.1 Å². The van der Waals surface area contributed by atoms with Gasteiger partial charge >= 0.3 is 0 Å². The van der Waals surface area contributed by atoms with Crippen LogP contribution in [0.1, 0.15) is 23.1 Å². The molecule has 6 nitrogen and oxygen atoms in total. The number of alkyl halides is 1. The number of hydrogen-bond acceptors (Lipinski definition) is 5. The first-order chi connectivity index (χ1) is 18.6. The number of hydrogen-bond donors (Lipinski definition) is 2. The Hall–Kier alpha value is -3.39. The zero-order chi connectivity index (χ0) is 26.5. The minimum Gasteiger partial charge on any atom is -0.497 e. The molecule has 0 spiro atoms. The van der Waals surface area contributed by atoms with E-state index in [0.29, 0.717) is 24.8 Å². The van der Waals surface area contributed by atoms with E-state index in [1.165, 1.54) is 22.0 Å². The van der Waals surface area contributed by atoms with Gasteiger partial charge in [-0.25, -0.2) is 4.39 Å². The van der Waals surface area contributed by atoms with E-state index in [0.717, 1.165) is 61.5 Å². The van der Waals surface area contributed by atoms with Crippen molar-refractivity contribution < 1.29 is 13.9 Å². The standard InChI is InChI=1S/C31H37FN4O2/c1-37-26-5-2-4-22(13-26)12-24-18-35(19-24)17-23-6-9-31-29(14-23)30(20-36(31)11-3-10-33)28-8-7-27(38-21-32)15-25(28)16-34/h2,4-9,13-15,20,24H,3,10-12,16-19,21,33-34H2,1H3. The number of likely N-dealkylation sites (tertiary alicyclic amines) is 1. The number of nitrogens with two attached hydrogens (primary N) is 2. The summed E-state index contributed by atoms with van der Waals surface area (Å²) in [6.07, 6.45) is 4.17. The van der Waals surface area contributed by atoms with Crippen LogP contribution in [-0.2, 0) is 26.1 Å². The van der Waals surface area contributed by atoms with Gasteiger partial charge in [-0.3, -0.25) is 4.90 Å². The first kappa shape index (κ1) is 26.2. The van der Waals surface area contributed by atoms with Crippen LogP contribution in [0.5, 0.6) is 11.5 Å². The number of halogens is 1. The lowest BCUT2D eigenvalue weighted by molar-refractivity contribution is 0.0926. The lowest BCUT2D eigenvalue weighted by Gasteiger charge is -2.39. The molecule has 0 saturated carbocycles. The fourth-order valence-corrected chi connectivity index (χ4v) is 5.58. The van der Waals surface area contributed by atoms with Gasteiger partial charge in [0, 0.05) is 55.4 Å². The third kappa shape index (κ3) is 5.70. The van der Waals surface area contributed by atoms with Gasteiger partial charge in [0.2, 0.25) is 6.86 Å². The lowest BCUT2D eigenvalue weighted by Crippen LogP contribution is -2.46. The molecule has 0 unspecified atom stereocenters. The molecule has 1 fully saturated rings. The summed E-state index contributed by atoms with van der Waals surface area (Å²) in [6.45, 7) is 4.08. The van der Waals surface area contributed by atoms with Gasteiger partial charge in [-0.15, -0.1) is 0 Å². The smallest absolute Gasteiger partial charge is 0.228 e. The predicted molar refractivity (Wildman–Crippen MR) is 151 cm³/mol. The predicted octanol–water partition coefficient (Wildman–Crippen LogP) is 5.10. The summed E-state index contributed by atoms with van der Waals surface area (Å²) < 4.78 is 25.5. The molecule has 0 aliphatic carbocycles. The molecule has 3 aromatic carbocycles. The van der Waals surface area contributed by atoms with E-state index in [1.807, 2.05) is 24.3 Å². The van der Waals surface area contributed by atoms with Crippen LogP contribution in [0.4, 0.5) is 4.39 Å². The molecular formula is C31H37FN4O2. The van der Waals surface area contributed by atoms with Crippen LogP contribution in [0.3, 0.4) is 0 Å². The zero-order valence-corrected chi connectivity index (χ0v) is 22.0. The minimum absolute atomic E-state index is 0.344. The number of nitrogens with zero attached hydrogens (tertiary/aromatic N) is 2. The molecule has 0 atom stereocenters.